The summed E-state index contributed by atoms with van der Waals surface area (Å²) < 4.78 is 60.0. The van der Waals surface area contributed by atoms with Crippen LogP contribution < -0.4 is 0 Å². The first kappa shape index (κ1) is 16.5. The maximum absolute atomic E-state index is 12.4. The normalized spacial score (nSPS) is 12.8. The van der Waals surface area contributed by atoms with Crippen LogP contribution in [0.2, 0.25) is 0 Å². The summed E-state index contributed by atoms with van der Waals surface area (Å²) in [4.78, 5) is 10.1. The number of rotatable bonds is 8. The minimum Gasteiger partial charge on any atom is -0.481 e. The number of aliphatic carboxylic acids is 1. The van der Waals surface area contributed by atoms with E-state index in [4.69, 9.17) is 5.11 Å². The molecule has 0 saturated heterocycles. The third-order valence-electron chi connectivity index (χ3n) is 1.92. The lowest BCUT2D eigenvalue weighted by Crippen LogP contribution is -2.36. The minimum atomic E-state index is -5.48. The molecule has 0 amide bonds. The fourth-order valence-corrected chi connectivity index (χ4v) is 1.76. The van der Waals surface area contributed by atoms with Gasteiger partial charge in [-0.1, -0.05) is 6.42 Å². The maximum Gasteiger partial charge on any atom is 0.453 e. The summed E-state index contributed by atoms with van der Waals surface area (Å²) in [6, 6.07) is 0. The van der Waals surface area contributed by atoms with E-state index in [1.165, 1.54) is 0 Å². The van der Waals surface area contributed by atoms with Gasteiger partial charge in [-0.15, -0.1) is 0 Å². The molecule has 0 bridgehead atoms. The molecule has 17 heavy (non-hydrogen) atoms. The van der Waals surface area contributed by atoms with Gasteiger partial charge in [0.15, 0.2) is 0 Å². The van der Waals surface area contributed by atoms with Crippen molar-refractivity contribution in [1.29, 1.82) is 0 Å². The van der Waals surface area contributed by atoms with E-state index in [9.17, 15) is 26.7 Å². The zero-order valence-electron chi connectivity index (χ0n) is 8.90. The zero-order chi connectivity index (χ0) is 13.5. The maximum atomic E-state index is 12.4. The van der Waals surface area contributed by atoms with Crippen LogP contribution in [0.3, 0.4) is 0 Å². The summed E-state index contributed by atoms with van der Waals surface area (Å²) in [5.41, 5.74) is 0. The summed E-state index contributed by atoms with van der Waals surface area (Å²) >= 11 is 1.12. The van der Waals surface area contributed by atoms with Gasteiger partial charge in [-0.25, -0.2) is 0 Å². The molecule has 0 unspecified atom stereocenters. The van der Waals surface area contributed by atoms with E-state index >= 15 is 0 Å². The molecule has 0 aromatic rings. The van der Waals surface area contributed by atoms with Gasteiger partial charge in [-0.05, 0) is 18.6 Å². The van der Waals surface area contributed by atoms with Crippen molar-refractivity contribution in [2.24, 2.45) is 0 Å². The van der Waals surface area contributed by atoms with Crippen LogP contribution in [0.15, 0.2) is 0 Å². The van der Waals surface area contributed by atoms with Crippen LogP contribution in [-0.4, -0.2) is 34.7 Å². The van der Waals surface area contributed by atoms with E-state index < -0.39 is 24.5 Å². The van der Waals surface area contributed by atoms with Crippen molar-refractivity contribution >= 4 is 17.7 Å². The second-order valence-corrected chi connectivity index (χ2v) is 4.56. The number of alkyl halides is 5. The summed E-state index contributed by atoms with van der Waals surface area (Å²) in [6.07, 6.45) is -6.24. The van der Waals surface area contributed by atoms with Gasteiger partial charge in [0.25, 0.3) is 0 Å². The number of hydrogen-bond acceptors (Lipinski definition) is 2. The van der Waals surface area contributed by atoms with Gasteiger partial charge in [-0.2, -0.15) is 33.7 Å². The van der Waals surface area contributed by atoms with Crippen molar-refractivity contribution in [2.75, 3.05) is 11.5 Å². The van der Waals surface area contributed by atoms with Gasteiger partial charge in [0, 0.05) is 6.42 Å². The molecule has 0 aliphatic heterocycles. The van der Waals surface area contributed by atoms with Crippen LogP contribution >= 0.6 is 11.8 Å². The fourth-order valence-electron chi connectivity index (χ4n) is 1.03. The topological polar surface area (TPSA) is 37.3 Å². The summed E-state index contributed by atoms with van der Waals surface area (Å²) in [7, 11) is 0. The highest BCUT2D eigenvalue weighted by Crippen LogP contribution is 2.39. The molecule has 0 aliphatic carbocycles. The molecule has 102 valence electrons. The highest BCUT2D eigenvalue weighted by molar-refractivity contribution is 7.99. The molecule has 0 fully saturated rings. The van der Waals surface area contributed by atoms with Crippen molar-refractivity contribution in [3.63, 3.8) is 0 Å². The second-order valence-electron chi connectivity index (χ2n) is 3.46. The molecule has 0 aromatic carbocycles. The number of carbonyl (C=O) groups is 1. The molecule has 0 atom stereocenters. The van der Waals surface area contributed by atoms with E-state index in [1.54, 1.807) is 0 Å². The van der Waals surface area contributed by atoms with Gasteiger partial charge in [0.2, 0.25) is 0 Å². The summed E-state index contributed by atoms with van der Waals surface area (Å²) in [5, 5.41) is 8.27. The second kappa shape index (κ2) is 7.03. The predicted octanol–water partition coefficient (Wildman–Crippen LogP) is 3.56. The van der Waals surface area contributed by atoms with Crippen molar-refractivity contribution < 1.29 is 31.9 Å². The number of carboxylic acids is 1. The quantitative estimate of drug-likeness (QED) is 0.545. The first-order valence-electron chi connectivity index (χ1n) is 4.91. The number of unbranched alkanes of at least 4 members (excludes halogenated alkanes) is 2. The first-order valence-corrected chi connectivity index (χ1v) is 6.06. The molecular weight excluding hydrogens is 267 g/mol. The molecule has 0 rings (SSSR count). The van der Waals surface area contributed by atoms with E-state index in [1.807, 2.05) is 0 Å². The van der Waals surface area contributed by atoms with Crippen molar-refractivity contribution in [1.82, 2.24) is 0 Å². The standard InChI is InChI=1S/C9H13F5O2S/c10-8(11,9(12,13)14)4-2-1-3-5-17-6-7(15)16/h1-6H2,(H,15,16). The van der Waals surface area contributed by atoms with E-state index in [0.29, 0.717) is 12.2 Å². The average molecular weight is 280 g/mol. The molecule has 0 radical (unpaired) electrons. The van der Waals surface area contributed by atoms with Gasteiger partial charge >= 0.3 is 18.1 Å². The lowest BCUT2D eigenvalue weighted by atomic mass is 10.1. The number of halogens is 5. The third kappa shape index (κ3) is 7.40. The number of carboxylic acid groups (broad SMARTS) is 1. The van der Waals surface area contributed by atoms with Crippen LogP contribution in [0.25, 0.3) is 0 Å². The Balaban J connectivity index is 3.55. The van der Waals surface area contributed by atoms with Crippen LogP contribution in [0.5, 0.6) is 0 Å². The van der Waals surface area contributed by atoms with Gasteiger partial charge in [-0.3, -0.25) is 4.79 Å². The Labute approximate surface area is 99.6 Å². The fraction of sp³-hybridized carbons (Fsp3) is 0.889. The van der Waals surface area contributed by atoms with Crippen molar-refractivity contribution in [2.45, 2.75) is 37.8 Å². The van der Waals surface area contributed by atoms with E-state index in [-0.39, 0.29) is 18.6 Å². The average Bonchev–Trinajstić information content (AvgIpc) is 2.13. The SMILES string of the molecule is O=C(O)CSCCCCCC(F)(F)C(F)(F)F. The lowest BCUT2D eigenvalue weighted by molar-refractivity contribution is -0.284. The van der Waals surface area contributed by atoms with Gasteiger partial charge < -0.3 is 5.11 Å². The van der Waals surface area contributed by atoms with Crippen molar-refractivity contribution in [3.8, 4) is 0 Å². The largest absolute Gasteiger partial charge is 0.481 e. The van der Waals surface area contributed by atoms with Gasteiger partial charge in [0.1, 0.15) is 0 Å². The first-order chi connectivity index (χ1) is 7.67. The number of thioether (sulfide) groups is 1. The Kier molecular flexibility index (Phi) is 6.81. The molecule has 8 heteroatoms. The highest BCUT2D eigenvalue weighted by atomic mass is 32.2. The van der Waals surface area contributed by atoms with Gasteiger partial charge in [0.05, 0.1) is 5.75 Å². The third-order valence-corrected chi connectivity index (χ3v) is 2.95. The lowest BCUT2D eigenvalue weighted by Gasteiger charge is -2.19. The summed E-state index contributed by atoms with van der Waals surface area (Å²) in [6.45, 7) is 0. The Morgan fingerprint density at radius 3 is 2.12 bits per heavy atom. The van der Waals surface area contributed by atoms with Crippen LogP contribution in [-0.2, 0) is 4.79 Å². The van der Waals surface area contributed by atoms with Crippen molar-refractivity contribution in [3.05, 3.63) is 0 Å². The predicted molar refractivity (Wildman–Crippen MR) is 54.4 cm³/mol. The molecule has 2 nitrogen and oxygen atoms in total. The highest BCUT2D eigenvalue weighted by Gasteiger charge is 2.56. The molecule has 0 heterocycles. The molecular formula is C9H13F5O2S. The van der Waals surface area contributed by atoms with E-state index in [2.05, 4.69) is 0 Å². The molecule has 0 spiro atoms. The molecule has 0 aromatic heterocycles. The Hall–Kier alpha value is -0.530. The Morgan fingerprint density at radius 1 is 1.06 bits per heavy atom. The van der Waals surface area contributed by atoms with Crippen LogP contribution in [0, 0.1) is 0 Å². The zero-order valence-corrected chi connectivity index (χ0v) is 9.71. The smallest absolute Gasteiger partial charge is 0.453 e. The van der Waals surface area contributed by atoms with Crippen LogP contribution in [0.4, 0.5) is 22.0 Å². The van der Waals surface area contributed by atoms with Crippen LogP contribution in [0.1, 0.15) is 25.7 Å². The minimum absolute atomic E-state index is 0.0846. The Bertz CT molecular complexity index is 242. The van der Waals surface area contributed by atoms with E-state index in [0.717, 1.165) is 11.8 Å². The molecule has 0 aliphatic rings. The number of hydrogen-bond donors (Lipinski definition) is 1. The Morgan fingerprint density at radius 2 is 1.65 bits per heavy atom. The molecule has 1 N–H and O–H groups in total. The molecule has 0 saturated carbocycles. The summed E-state index contributed by atoms with van der Waals surface area (Å²) in [5.74, 6) is -5.23. The monoisotopic (exact) mass is 280 g/mol.